The summed E-state index contributed by atoms with van der Waals surface area (Å²) in [5.74, 6) is 0.0122. The second kappa shape index (κ2) is 3.50. The monoisotopic (exact) mass is 183 g/mol. The quantitative estimate of drug-likeness (QED) is 0.647. The summed E-state index contributed by atoms with van der Waals surface area (Å²) in [6.07, 6.45) is 2.32. The van der Waals surface area contributed by atoms with E-state index >= 15 is 0 Å². The summed E-state index contributed by atoms with van der Waals surface area (Å²) < 4.78 is 0. The zero-order valence-corrected chi connectivity index (χ0v) is 8.50. The van der Waals surface area contributed by atoms with E-state index in [2.05, 4.69) is 0 Å². The van der Waals surface area contributed by atoms with Crippen molar-refractivity contribution in [2.45, 2.75) is 32.8 Å². The average molecular weight is 183 g/mol. The van der Waals surface area contributed by atoms with E-state index in [1.165, 1.54) is 0 Å². The van der Waals surface area contributed by atoms with Crippen LogP contribution in [-0.4, -0.2) is 34.6 Å². The van der Waals surface area contributed by atoms with E-state index < -0.39 is 5.60 Å². The Kier molecular flexibility index (Phi) is 2.76. The Morgan fingerprint density at radius 1 is 1.54 bits per heavy atom. The highest BCUT2D eigenvalue weighted by Gasteiger charge is 2.41. The fourth-order valence-electron chi connectivity index (χ4n) is 1.38. The predicted molar refractivity (Wildman–Crippen MR) is 51.3 cm³/mol. The Balaban J connectivity index is 2.44. The van der Waals surface area contributed by atoms with E-state index in [9.17, 15) is 9.90 Å². The molecule has 1 fully saturated rings. The minimum atomic E-state index is -0.620. The number of hydrogen-bond acceptors (Lipinski definition) is 2. The molecule has 74 valence electrons. The molecule has 1 saturated heterocycles. The van der Waals surface area contributed by atoms with Crippen LogP contribution in [0.25, 0.3) is 0 Å². The maximum atomic E-state index is 11.4. The van der Waals surface area contributed by atoms with Gasteiger partial charge in [0.2, 0.25) is 5.91 Å². The molecule has 0 aromatic carbocycles. The van der Waals surface area contributed by atoms with Gasteiger partial charge in [-0.1, -0.05) is 12.5 Å². The van der Waals surface area contributed by atoms with Crippen LogP contribution >= 0.6 is 0 Å². The number of carbonyl (C=O) groups is 1. The summed E-state index contributed by atoms with van der Waals surface area (Å²) in [6, 6.07) is 0. The van der Waals surface area contributed by atoms with Gasteiger partial charge >= 0.3 is 0 Å². The summed E-state index contributed by atoms with van der Waals surface area (Å²) in [5, 5.41) is 9.66. The zero-order chi connectivity index (χ0) is 10.1. The number of amides is 1. The first-order chi connectivity index (χ1) is 5.97. The van der Waals surface area contributed by atoms with Crippen molar-refractivity contribution in [1.82, 2.24) is 4.90 Å². The van der Waals surface area contributed by atoms with Gasteiger partial charge in [-0.3, -0.25) is 4.79 Å². The van der Waals surface area contributed by atoms with Gasteiger partial charge in [-0.25, -0.2) is 0 Å². The molecule has 1 amide bonds. The van der Waals surface area contributed by atoms with E-state index in [0.29, 0.717) is 19.5 Å². The van der Waals surface area contributed by atoms with Crippen molar-refractivity contribution in [3.8, 4) is 0 Å². The van der Waals surface area contributed by atoms with Crippen LogP contribution in [0, 0.1) is 0 Å². The van der Waals surface area contributed by atoms with Gasteiger partial charge < -0.3 is 10.0 Å². The molecule has 3 heteroatoms. The van der Waals surface area contributed by atoms with E-state index in [1.807, 2.05) is 20.8 Å². The number of aliphatic hydroxyl groups is 1. The molecular weight excluding hydrogens is 166 g/mol. The summed E-state index contributed by atoms with van der Waals surface area (Å²) in [4.78, 5) is 13.0. The molecule has 1 aliphatic heterocycles. The van der Waals surface area contributed by atoms with Crippen molar-refractivity contribution in [3.63, 3.8) is 0 Å². The van der Waals surface area contributed by atoms with E-state index in [1.54, 1.807) is 11.0 Å². The van der Waals surface area contributed by atoms with Gasteiger partial charge in [0, 0.05) is 6.08 Å². The first kappa shape index (κ1) is 10.3. The van der Waals surface area contributed by atoms with Crippen molar-refractivity contribution in [2.24, 2.45) is 0 Å². The number of β-amino-alcohol motifs (C(OH)–C–C–N with tert-alkyl or cyclic N) is 1. The van der Waals surface area contributed by atoms with Gasteiger partial charge in [0.05, 0.1) is 18.7 Å². The molecule has 13 heavy (non-hydrogen) atoms. The van der Waals surface area contributed by atoms with Crippen molar-refractivity contribution < 1.29 is 9.90 Å². The Hall–Kier alpha value is -0.830. The molecule has 0 spiro atoms. The topological polar surface area (TPSA) is 40.5 Å². The number of carbonyl (C=O) groups excluding carboxylic acids is 1. The molecule has 0 aromatic heterocycles. The molecular formula is C10H17NO2. The highest BCUT2D eigenvalue weighted by Crippen LogP contribution is 2.24. The van der Waals surface area contributed by atoms with Crippen LogP contribution in [0.5, 0.6) is 0 Å². The van der Waals surface area contributed by atoms with Gasteiger partial charge in [-0.05, 0) is 20.3 Å². The highest BCUT2D eigenvalue weighted by molar-refractivity contribution is 5.89. The Labute approximate surface area is 79.0 Å². The second-order valence-corrected chi connectivity index (χ2v) is 3.99. The summed E-state index contributed by atoms with van der Waals surface area (Å²) in [6.45, 7) is 6.67. The highest BCUT2D eigenvalue weighted by atomic mass is 16.3. The van der Waals surface area contributed by atoms with E-state index in [4.69, 9.17) is 0 Å². The zero-order valence-electron chi connectivity index (χ0n) is 8.50. The molecule has 0 saturated carbocycles. The van der Waals surface area contributed by atoms with Crippen LogP contribution in [0.1, 0.15) is 27.2 Å². The van der Waals surface area contributed by atoms with Crippen LogP contribution in [0.2, 0.25) is 0 Å². The number of rotatable bonds is 2. The third-order valence-corrected chi connectivity index (χ3v) is 2.35. The maximum absolute atomic E-state index is 11.4. The lowest BCUT2D eigenvalue weighted by atomic mass is 9.91. The number of nitrogens with zero attached hydrogens (tertiary/aromatic N) is 1. The largest absolute Gasteiger partial charge is 0.386 e. The Morgan fingerprint density at radius 3 is 2.46 bits per heavy atom. The molecule has 0 radical (unpaired) electrons. The van der Waals surface area contributed by atoms with E-state index in [0.717, 1.165) is 5.57 Å². The smallest absolute Gasteiger partial charge is 0.246 e. The molecule has 3 nitrogen and oxygen atoms in total. The summed E-state index contributed by atoms with van der Waals surface area (Å²) >= 11 is 0. The molecule has 1 heterocycles. The van der Waals surface area contributed by atoms with Crippen LogP contribution in [0.3, 0.4) is 0 Å². The van der Waals surface area contributed by atoms with Gasteiger partial charge in [0.15, 0.2) is 0 Å². The van der Waals surface area contributed by atoms with Gasteiger partial charge in [-0.2, -0.15) is 0 Å². The third-order valence-electron chi connectivity index (χ3n) is 2.35. The van der Waals surface area contributed by atoms with Crippen molar-refractivity contribution >= 4 is 5.91 Å². The molecule has 1 aliphatic rings. The Morgan fingerprint density at radius 2 is 2.08 bits per heavy atom. The normalized spacial score (nSPS) is 19.2. The molecule has 0 atom stereocenters. The minimum Gasteiger partial charge on any atom is -0.386 e. The maximum Gasteiger partial charge on any atom is 0.246 e. The van der Waals surface area contributed by atoms with Crippen LogP contribution < -0.4 is 0 Å². The van der Waals surface area contributed by atoms with Crippen molar-refractivity contribution in [3.05, 3.63) is 11.6 Å². The standard InChI is InChI=1S/C10H17NO2/c1-4-10(13)6-11(7-10)9(12)5-8(2)3/h5,13H,4,6-7H2,1-3H3. The molecule has 0 aliphatic carbocycles. The molecule has 0 unspecified atom stereocenters. The minimum absolute atomic E-state index is 0.0122. The molecule has 1 N–H and O–H groups in total. The number of allylic oxidation sites excluding steroid dienone is 1. The lowest BCUT2D eigenvalue weighted by Crippen LogP contribution is -2.62. The second-order valence-electron chi connectivity index (χ2n) is 3.99. The first-order valence-electron chi connectivity index (χ1n) is 4.63. The van der Waals surface area contributed by atoms with Crippen LogP contribution in [0.4, 0.5) is 0 Å². The predicted octanol–water partition coefficient (Wildman–Crippen LogP) is 0.936. The average Bonchev–Trinajstić information content (AvgIpc) is 1.97. The molecule has 1 rings (SSSR count). The molecule has 0 aromatic rings. The number of likely N-dealkylation sites (tertiary alicyclic amines) is 1. The summed E-state index contributed by atoms with van der Waals surface area (Å²) in [7, 11) is 0. The summed E-state index contributed by atoms with van der Waals surface area (Å²) in [5.41, 5.74) is 0.377. The Bertz CT molecular complexity index is 235. The van der Waals surface area contributed by atoms with Gasteiger partial charge in [0.1, 0.15) is 0 Å². The first-order valence-corrected chi connectivity index (χ1v) is 4.63. The van der Waals surface area contributed by atoms with E-state index in [-0.39, 0.29) is 5.91 Å². The SMILES string of the molecule is CCC1(O)CN(C(=O)C=C(C)C)C1. The lowest BCUT2D eigenvalue weighted by Gasteiger charge is -2.45. The van der Waals surface area contributed by atoms with Crippen molar-refractivity contribution in [2.75, 3.05) is 13.1 Å². The lowest BCUT2D eigenvalue weighted by molar-refractivity contribution is -0.150. The van der Waals surface area contributed by atoms with Crippen LogP contribution in [-0.2, 0) is 4.79 Å². The van der Waals surface area contributed by atoms with Gasteiger partial charge in [0.25, 0.3) is 0 Å². The van der Waals surface area contributed by atoms with Gasteiger partial charge in [-0.15, -0.1) is 0 Å². The fraction of sp³-hybridized carbons (Fsp3) is 0.700. The third kappa shape index (κ3) is 2.31. The number of hydrogen-bond donors (Lipinski definition) is 1. The fourth-order valence-corrected chi connectivity index (χ4v) is 1.38. The van der Waals surface area contributed by atoms with Crippen molar-refractivity contribution in [1.29, 1.82) is 0 Å². The van der Waals surface area contributed by atoms with Crippen LogP contribution in [0.15, 0.2) is 11.6 Å². The molecule has 0 bridgehead atoms.